The van der Waals surface area contributed by atoms with Crippen molar-refractivity contribution in [2.24, 2.45) is 11.8 Å². The number of hydrogen-bond acceptors (Lipinski definition) is 5. The fourth-order valence-electron chi connectivity index (χ4n) is 4.15. The summed E-state index contributed by atoms with van der Waals surface area (Å²) in [6.45, 7) is 0.00223. The van der Waals surface area contributed by atoms with Crippen LogP contribution in [-0.2, 0) is 20.9 Å². The summed E-state index contributed by atoms with van der Waals surface area (Å²) in [5.41, 5.74) is 0.846. The van der Waals surface area contributed by atoms with Crippen molar-refractivity contribution in [3.05, 3.63) is 35.9 Å². The van der Waals surface area contributed by atoms with E-state index in [1.54, 1.807) is 0 Å². The average molecular weight is 465 g/mol. The van der Waals surface area contributed by atoms with Gasteiger partial charge >= 0.3 is 12.1 Å². The number of nitrogens with zero attached hydrogens (tertiary/aromatic N) is 1. The molecule has 1 saturated heterocycles. The second-order valence-electron chi connectivity index (χ2n) is 7.59. The number of carbonyl (C=O) groups is 2. The Morgan fingerprint density at radius 1 is 1.14 bits per heavy atom. The molecular formula is C20H24Cl3NO5. The predicted octanol–water partition coefficient (Wildman–Crippen LogP) is 4.09. The van der Waals surface area contributed by atoms with Crippen molar-refractivity contribution >= 4 is 46.9 Å². The van der Waals surface area contributed by atoms with E-state index in [-0.39, 0.29) is 18.4 Å². The van der Waals surface area contributed by atoms with E-state index in [0.29, 0.717) is 19.4 Å². The van der Waals surface area contributed by atoms with Gasteiger partial charge in [0.05, 0.1) is 6.10 Å². The van der Waals surface area contributed by atoms with Crippen LogP contribution in [0.4, 0.5) is 4.79 Å². The highest BCUT2D eigenvalue weighted by molar-refractivity contribution is 6.67. The summed E-state index contributed by atoms with van der Waals surface area (Å²) in [6.07, 6.45) is 1.67. The van der Waals surface area contributed by atoms with Crippen molar-refractivity contribution in [1.82, 2.24) is 4.90 Å². The smallest absolute Gasteiger partial charge is 0.410 e. The summed E-state index contributed by atoms with van der Waals surface area (Å²) in [5.74, 6) is -0.628. The molecule has 1 saturated carbocycles. The molecule has 29 heavy (non-hydrogen) atoms. The van der Waals surface area contributed by atoms with Crippen molar-refractivity contribution in [2.45, 2.75) is 48.2 Å². The van der Waals surface area contributed by atoms with Crippen molar-refractivity contribution in [2.75, 3.05) is 13.2 Å². The molecule has 1 aromatic rings. The lowest BCUT2D eigenvalue weighted by molar-refractivity contribution is -0.154. The van der Waals surface area contributed by atoms with Gasteiger partial charge in [-0.2, -0.15) is 0 Å². The molecule has 1 N–H and O–H groups in total. The molecule has 2 aliphatic rings. The minimum absolute atomic E-state index is 0.0766. The maximum absolute atomic E-state index is 12.8. The van der Waals surface area contributed by atoms with Gasteiger partial charge < -0.3 is 14.6 Å². The first-order valence-electron chi connectivity index (χ1n) is 9.63. The minimum atomic E-state index is -1.74. The number of piperidine rings is 1. The Bertz CT molecular complexity index is 712. The molecule has 0 radical (unpaired) electrons. The fourth-order valence-corrected chi connectivity index (χ4v) is 4.31. The van der Waals surface area contributed by atoms with Gasteiger partial charge in [0.15, 0.2) is 0 Å². The van der Waals surface area contributed by atoms with Crippen LogP contribution in [0.1, 0.15) is 31.2 Å². The molecule has 0 bridgehead atoms. The summed E-state index contributed by atoms with van der Waals surface area (Å²) in [4.78, 5) is 26.9. The zero-order valence-corrected chi connectivity index (χ0v) is 18.1. The molecule has 1 heterocycles. The van der Waals surface area contributed by atoms with Crippen LogP contribution >= 0.6 is 34.8 Å². The summed E-state index contributed by atoms with van der Waals surface area (Å²) in [5, 5.41) is 10.4. The third-order valence-corrected chi connectivity index (χ3v) is 5.89. The standard InChI is InChI=1S/C20H24Cl3NO5/c21-20(22,23)12-29-18(26)16-9-15-14(7-4-8-17(15)25)10-24(16)19(27)28-11-13-5-2-1-3-6-13/h1-3,5-6,14-17,25H,4,7-12H2/t14-,15+,16+,17+/m1/s1. The normalized spacial score (nSPS) is 27.1. The molecule has 6 nitrogen and oxygen atoms in total. The molecule has 4 atom stereocenters. The van der Waals surface area contributed by atoms with Gasteiger partial charge in [0.1, 0.15) is 19.3 Å². The molecule has 0 unspecified atom stereocenters. The molecule has 1 aliphatic heterocycles. The molecule has 3 rings (SSSR count). The number of ether oxygens (including phenoxy) is 2. The number of esters is 1. The summed E-state index contributed by atoms with van der Waals surface area (Å²) in [7, 11) is 0. The first-order chi connectivity index (χ1) is 13.7. The van der Waals surface area contributed by atoms with E-state index in [2.05, 4.69) is 0 Å². The topological polar surface area (TPSA) is 76.1 Å². The zero-order valence-electron chi connectivity index (χ0n) is 15.8. The number of carbonyl (C=O) groups excluding carboxylic acids is 2. The highest BCUT2D eigenvalue weighted by Crippen LogP contribution is 2.39. The molecular weight excluding hydrogens is 441 g/mol. The summed E-state index contributed by atoms with van der Waals surface area (Å²) in [6, 6.07) is 8.40. The third kappa shape index (κ3) is 6.14. The molecule has 1 aromatic carbocycles. The SMILES string of the molecule is O=C(OCC(Cl)(Cl)Cl)[C@@H]1C[C@H]2[C@H](CCC[C@@H]2O)CN1C(=O)OCc1ccccc1. The lowest BCUT2D eigenvalue weighted by Crippen LogP contribution is -2.57. The number of alkyl halides is 3. The van der Waals surface area contributed by atoms with Crippen molar-refractivity contribution in [1.29, 1.82) is 0 Å². The van der Waals surface area contributed by atoms with Gasteiger partial charge in [0.2, 0.25) is 3.79 Å². The molecule has 0 spiro atoms. The van der Waals surface area contributed by atoms with Crippen LogP contribution in [-0.4, -0.2) is 51.2 Å². The number of aliphatic hydroxyl groups excluding tert-OH is 1. The highest BCUT2D eigenvalue weighted by atomic mass is 35.6. The number of halogens is 3. The second kappa shape index (κ2) is 9.73. The largest absolute Gasteiger partial charge is 0.460 e. The number of rotatable bonds is 4. The Balaban J connectivity index is 1.71. The van der Waals surface area contributed by atoms with Gasteiger partial charge in [0, 0.05) is 6.54 Å². The molecule has 1 amide bonds. The quantitative estimate of drug-likeness (QED) is 0.536. The molecule has 0 aromatic heterocycles. The maximum Gasteiger partial charge on any atom is 0.410 e. The molecule has 2 fully saturated rings. The van der Waals surface area contributed by atoms with Gasteiger partial charge in [-0.3, -0.25) is 4.90 Å². The van der Waals surface area contributed by atoms with Crippen molar-refractivity contribution in [3.8, 4) is 0 Å². The number of aliphatic hydroxyl groups is 1. The monoisotopic (exact) mass is 463 g/mol. The van der Waals surface area contributed by atoms with Crippen LogP contribution in [0.5, 0.6) is 0 Å². The van der Waals surface area contributed by atoms with Crippen LogP contribution in [0.15, 0.2) is 30.3 Å². The number of likely N-dealkylation sites (tertiary alicyclic amines) is 1. The lowest BCUT2D eigenvalue weighted by Gasteiger charge is -2.46. The summed E-state index contributed by atoms with van der Waals surface area (Å²) >= 11 is 17.0. The van der Waals surface area contributed by atoms with Crippen LogP contribution < -0.4 is 0 Å². The lowest BCUT2D eigenvalue weighted by atomic mass is 9.71. The van der Waals surface area contributed by atoms with Crippen LogP contribution in [0.25, 0.3) is 0 Å². The van der Waals surface area contributed by atoms with E-state index in [0.717, 1.165) is 18.4 Å². The Labute approximate surface area is 185 Å². The Morgan fingerprint density at radius 2 is 1.86 bits per heavy atom. The minimum Gasteiger partial charge on any atom is -0.460 e. The van der Waals surface area contributed by atoms with Gasteiger partial charge in [-0.1, -0.05) is 71.6 Å². The van der Waals surface area contributed by atoms with E-state index >= 15 is 0 Å². The summed E-state index contributed by atoms with van der Waals surface area (Å²) < 4.78 is 8.84. The van der Waals surface area contributed by atoms with Gasteiger partial charge in [0.25, 0.3) is 0 Å². The van der Waals surface area contributed by atoms with E-state index < -0.39 is 34.6 Å². The highest BCUT2D eigenvalue weighted by Gasteiger charge is 2.46. The number of fused-ring (bicyclic) bond motifs is 1. The van der Waals surface area contributed by atoms with E-state index in [1.165, 1.54) is 4.90 Å². The van der Waals surface area contributed by atoms with E-state index in [9.17, 15) is 14.7 Å². The third-order valence-electron chi connectivity index (χ3n) is 5.57. The zero-order chi connectivity index (χ0) is 21.0. The first kappa shape index (κ1) is 22.5. The van der Waals surface area contributed by atoms with Gasteiger partial charge in [-0.15, -0.1) is 0 Å². The van der Waals surface area contributed by atoms with E-state index in [4.69, 9.17) is 44.3 Å². The van der Waals surface area contributed by atoms with E-state index in [1.807, 2.05) is 30.3 Å². The van der Waals surface area contributed by atoms with Crippen molar-refractivity contribution < 1.29 is 24.2 Å². The second-order valence-corrected chi connectivity index (χ2v) is 10.1. The van der Waals surface area contributed by atoms with Gasteiger partial charge in [-0.05, 0) is 36.7 Å². The molecule has 9 heteroatoms. The van der Waals surface area contributed by atoms with Crippen LogP contribution in [0.2, 0.25) is 0 Å². The number of amides is 1. The maximum atomic E-state index is 12.8. The first-order valence-corrected chi connectivity index (χ1v) is 10.8. The Hall–Kier alpha value is -1.21. The Kier molecular flexibility index (Phi) is 7.54. The van der Waals surface area contributed by atoms with Crippen molar-refractivity contribution in [3.63, 3.8) is 0 Å². The average Bonchev–Trinajstić information content (AvgIpc) is 2.70. The number of benzene rings is 1. The van der Waals surface area contributed by atoms with Gasteiger partial charge in [-0.25, -0.2) is 9.59 Å². The Morgan fingerprint density at radius 3 is 2.55 bits per heavy atom. The van der Waals surface area contributed by atoms with Crippen LogP contribution in [0.3, 0.4) is 0 Å². The predicted molar refractivity (Wildman–Crippen MR) is 110 cm³/mol. The van der Waals surface area contributed by atoms with Crippen LogP contribution in [0, 0.1) is 11.8 Å². The fraction of sp³-hybridized carbons (Fsp3) is 0.600. The molecule has 160 valence electrons. The number of hydrogen-bond donors (Lipinski definition) is 1. The molecule has 1 aliphatic carbocycles.